The number of rotatable bonds is 7. The van der Waals surface area contributed by atoms with Crippen LogP contribution in [0.2, 0.25) is 0 Å². The largest absolute Gasteiger partial charge is 0.507 e. The number of aliphatic hydroxyl groups is 1. The predicted molar refractivity (Wildman–Crippen MR) is 106 cm³/mol. The first kappa shape index (κ1) is 21.2. The van der Waals surface area contributed by atoms with Crippen LogP contribution in [0.4, 0.5) is 5.69 Å². The van der Waals surface area contributed by atoms with Crippen LogP contribution in [0.15, 0.2) is 60.2 Å². The molecule has 0 radical (unpaired) electrons. The van der Waals surface area contributed by atoms with Crippen molar-refractivity contribution in [2.24, 2.45) is 0 Å². The minimum Gasteiger partial charge on any atom is -0.507 e. The molecule has 1 aliphatic heterocycles. The summed E-state index contributed by atoms with van der Waals surface area (Å²) in [5.41, 5.74) is 0.567. The van der Waals surface area contributed by atoms with Gasteiger partial charge in [-0.25, -0.2) is 0 Å². The minimum atomic E-state index is -0.959. The van der Waals surface area contributed by atoms with Gasteiger partial charge < -0.3 is 19.5 Å². The number of methoxy groups -OCH3 is 2. The molecule has 0 saturated carbocycles. The fourth-order valence-electron chi connectivity index (χ4n) is 3.35. The van der Waals surface area contributed by atoms with E-state index >= 15 is 0 Å². The number of carbonyl (C=O) groups excluding carboxylic acids is 2. The second-order valence-corrected chi connectivity index (χ2v) is 6.57. The highest BCUT2D eigenvalue weighted by atomic mass is 16.7. The van der Waals surface area contributed by atoms with Crippen molar-refractivity contribution in [1.82, 2.24) is 4.90 Å². The van der Waals surface area contributed by atoms with E-state index in [1.807, 2.05) is 0 Å². The number of Topliss-reactive ketones (excluding diaryl/α,β-unsaturated/α-hetero) is 1. The molecule has 0 aliphatic carbocycles. The SMILES string of the molecule is COC(CN1C(=O)C(=O)C(=C(O)c2ccccc2)[C@H]1c1ccc([N+](=O)[O-])cc1)OC. The molecule has 0 aromatic heterocycles. The van der Waals surface area contributed by atoms with Crippen molar-refractivity contribution < 1.29 is 29.1 Å². The van der Waals surface area contributed by atoms with Crippen LogP contribution in [-0.4, -0.2) is 53.7 Å². The minimum absolute atomic E-state index is 0.0786. The molecule has 1 aliphatic rings. The molecule has 30 heavy (non-hydrogen) atoms. The molecule has 3 rings (SSSR count). The number of likely N-dealkylation sites (tertiary alicyclic amines) is 1. The number of nitrogens with zero attached hydrogens (tertiary/aromatic N) is 2. The van der Waals surface area contributed by atoms with Gasteiger partial charge in [0.15, 0.2) is 6.29 Å². The van der Waals surface area contributed by atoms with Crippen molar-refractivity contribution in [3.05, 3.63) is 81.4 Å². The highest BCUT2D eigenvalue weighted by Crippen LogP contribution is 2.39. The van der Waals surface area contributed by atoms with Gasteiger partial charge in [0.05, 0.1) is 23.1 Å². The number of ether oxygens (including phenoxy) is 2. The molecule has 2 aromatic rings. The summed E-state index contributed by atoms with van der Waals surface area (Å²) in [5, 5.41) is 21.8. The molecule has 1 fully saturated rings. The summed E-state index contributed by atoms with van der Waals surface area (Å²) >= 11 is 0. The van der Waals surface area contributed by atoms with Gasteiger partial charge in [0, 0.05) is 31.9 Å². The normalized spacial score (nSPS) is 18.2. The fraction of sp³-hybridized carbons (Fsp3) is 0.238. The number of hydrogen-bond donors (Lipinski definition) is 1. The van der Waals surface area contributed by atoms with Crippen LogP contribution in [0.5, 0.6) is 0 Å². The lowest BCUT2D eigenvalue weighted by molar-refractivity contribution is -0.384. The molecule has 1 N–H and O–H groups in total. The number of benzene rings is 2. The molecule has 0 unspecified atom stereocenters. The Morgan fingerprint density at radius 1 is 1.10 bits per heavy atom. The third kappa shape index (κ3) is 3.93. The lowest BCUT2D eigenvalue weighted by atomic mass is 9.95. The molecule has 2 aromatic carbocycles. The van der Waals surface area contributed by atoms with Crippen molar-refractivity contribution in [2.75, 3.05) is 20.8 Å². The molecule has 1 heterocycles. The van der Waals surface area contributed by atoms with Crippen molar-refractivity contribution >= 4 is 23.1 Å². The Hall–Kier alpha value is -3.56. The Kier molecular flexibility index (Phi) is 6.24. The van der Waals surface area contributed by atoms with Gasteiger partial charge in [-0.05, 0) is 17.7 Å². The van der Waals surface area contributed by atoms with E-state index in [0.29, 0.717) is 11.1 Å². The van der Waals surface area contributed by atoms with Gasteiger partial charge in [0.2, 0.25) is 0 Å². The van der Waals surface area contributed by atoms with Gasteiger partial charge in [0.25, 0.3) is 17.4 Å². The van der Waals surface area contributed by atoms with Gasteiger partial charge in [0.1, 0.15) is 5.76 Å². The first-order valence-electron chi connectivity index (χ1n) is 9.02. The summed E-state index contributed by atoms with van der Waals surface area (Å²) in [7, 11) is 2.80. The number of carbonyl (C=O) groups is 2. The average molecular weight is 412 g/mol. The zero-order valence-electron chi connectivity index (χ0n) is 16.3. The van der Waals surface area contributed by atoms with Crippen molar-refractivity contribution in [3.8, 4) is 0 Å². The number of nitro groups is 1. The molecular weight excluding hydrogens is 392 g/mol. The maximum Gasteiger partial charge on any atom is 0.295 e. The number of ketones is 1. The van der Waals surface area contributed by atoms with Gasteiger partial charge in [-0.15, -0.1) is 0 Å². The zero-order valence-corrected chi connectivity index (χ0v) is 16.3. The molecule has 1 atom stereocenters. The van der Waals surface area contributed by atoms with Crippen molar-refractivity contribution in [3.63, 3.8) is 0 Å². The lowest BCUT2D eigenvalue weighted by Gasteiger charge is -2.28. The van der Waals surface area contributed by atoms with E-state index in [9.17, 15) is 24.8 Å². The Morgan fingerprint density at radius 2 is 1.70 bits per heavy atom. The van der Waals surface area contributed by atoms with Crippen molar-refractivity contribution in [1.29, 1.82) is 0 Å². The highest BCUT2D eigenvalue weighted by Gasteiger charge is 2.46. The molecule has 0 bridgehead atoms. The third-order valence-electron chi connectivity index (χ3n) is 4.88. The van der Waals surface area contributed by atoms with Gasteiger partial charge >= 0.3 is 0 Å². The van der Waals surface area contributed by atoms with Gasteiger partial charge in [-0.3, -0.25) is 19.7 Å². The fourth-order valence-corrected chi connectivity index (χ4v) is 3.35. The number of hydrogen-bond acceptors (Lipinski definition) is 7. The summed E-state index contributed by atoms with van der Waals surface area (Å²) < 4.78 is 10.3. The summed E-state index contributed by atoms with van der Waals surface area (Å²) in [6.45, 7) is -0.0786. The lowest BCUT2D eigenvalue weighted by Crippen LogP contribution is -2.38. The molecule has 1 saturated heterocycles. The second kappa shape index (κ2) is 8.85. The molecule has 1 amide bonds. The Labute approximate surface area is 172 Å². The highest BCUT2D eigenvalue weighted by molar-refractivity contribution is 6.46. The number of nitro benzene ring substituents is 1. The summed E-state index contributed by atoms with van der Waals surface area (Å²) in [4.78, 5) is 37.3. The van der Waals surface area contributed by atoms with Crippen LogP contribution in [0.1, 0.15) is 17.2 Å². The predicted octanol–water partition coefficient (Wildman–Crippen LogP) is 2.64. The molecular formula is C21H20N2O7. The molecule has 9 heteroatoms. The van der Waals surface area contributed by atoms with Crippen LogP contribution < -0.4 is 0 Å². The number of non-ortho nitro benzene ring substituents is 1. The molecule has 156 valence electrons. The standard InChI is InChI=1S/C21H20N2O7/c1-29-16(30-2)12-22-18(13-8-10-15(11-9-13)23(27)28)17(20(25)21(22)26)19(24)14-6-4-3-5-7-14/h3-11,16,18,24H,12H2,1-2H3/t18-/m1/s1. The monoisotopic (exact) mass is 412 g/mol. The summed E-state index contributed by atoms with van der Waals surface area (Å²) in [5.74, 6) is -2.01. The Morgan fingerprint density at radius 3 is 2.23 bits per heavy atom. The third-order valence-corrected chi connectivity index (χ3v) is 4.88. The van der Waals surface area contributed by atoms with E-state index in [-0.39, 0.29) is 23.6 Å². The first-order chi connectivity index (χ1) is 14.4. The molecule has 9 nitrogen and oxygen atoms in total. The topological polar surface area (TPSA) is 119 Å². The van der Waals surface area contributed by atoms with Gasteiger partial charge in [-0.1, -0.05) is 30.3 Å². The summed E-state index contributed by atoms with van der Waals surface area (Å²) in [6, 6.07) is 12.9. The first-order valence-corrected chi connectivity index (χ1v) is 9.02. The van der Waals surface area contributed by atoms with E-state index in [4.69, 9.17) is 9.47 Å². The van der Waals surface area contributed by atoms with Crippen LogP contribution in [0, 0.1) is 10.1 Å². The Bertz CT molecular complexity index is 982. The van der Waals surface area contributed by atoms with E-state index in [1.165, 1.54) is 43.4 Å². The second-order valence-electron chi connectivity index (χ2n) is 6.57. The van der Waals surface area contributed by atoms with E-state index in [1.54, 1.807) is 30.3 Å². The van der Waals surface area contributed by atoms with E-state index in [0.717, 1.165) is 0 Å². The maximum atomic E-state index is 12.8. The average Bonchev–Trinajstić information content (AvgIpc) is 3.02. The van der Waals surface area contributed by atoms with Crippen molar-refractivity contribution in [2.45, 2.75) is 12.3 Å². The van der Waals surface area contributed by atoms with Crippen LogP contribution in [0.25, 0.3) is 5.76 Å². The van der Waals surface area contributed by atoms with E-state index < -0.39 is 28.9 Å². The summed E-state index contributed by atoms with van der Waals surface area (Å²) in [6.07, 6.45) is -0.805. The van der Waals surface area contributed by atoms with Crippen LogP contribution in [0.3, 0.4) is 0 Å². The Balaban J connectivity index is 2.15. The molecule has 0 spiro atoms. The van der Waals surface area contributed by atoms with Crippen LogP contribution in [-0.2, 0) is 19.1 Å². The number of amides is 1. The van der Waals surface area contributed by atoms with Gasteiger partial charge in [-0.2, -0.15) is 0 Å². The quantitative estimate of drug-likeness (QED) is 0.185. The van der Waals surface area contributed by atoms with Crippen LogP contribution >= 0.6 is 0 Å². The van der Waals surface area contributed by atoms with E-state index in [2.05, 4.69) is 0 Å². The zero-order chi connectivity index (χ0) is 21.8. The maximum absolute atomic E-state index is 12.8. The number of aliphatic hydroxyl groups excluding tert-OH is 1. The smallest absolute Gasteiger partial charge is 0.295 e.